The second-order valence-electron chi connectivity index (χ2n) is 9.24. The van der Waals surface area contributed by atoms with E-state index in [9.17, 15) is 28.8 Å². The third-order valence-electron chi connectivity index (χ3n) is 5.69. The molecule has 0 radical (unpaired) electrons. The number of hydrogen-bond donors (Lipinski definition) is 5. The average Bonchev–Trinajstić information content (AvgIpc) is 2.82. The summed E-state index contributed by atoms with van der Waals surface area (Å²) in [5.41, 5.74) is 5.41. The van der Waals surface area contributed by atoms with Gasteiger partial charge in [-0.3, -0.25) is 28.8 Å². The normalized spacial score (nSPS) is 23.7. The van der Waals surface area contributed by atoms with E-state index in [1.54, 1.807) is 24.7 Å². The summed E-state index contributed by atoms with van der Waals surface area (Å²) in [6.45, 7) is 10.3. The molecular formula is C24H38N6O6S2. The maximum atomic E-state index is 12.9. The Labute approximate surface area is 231 Å². The number of nitrogens with zero attached hydrogens (tertiary/aromatic N) is 1. The summed E-state index contributed by atoms with van der Waals surface area (Å²) in [4.78, 5) is 75.9. The number of nitrogens with two attached hydrogens (primary N) is 1. The van der Waals surface area contributed by atoms with E-state index in [1.165, 1.54) is 61.5 Å². The molecule has 3 unspecified atom stereocenters. The lowest BCUT2D eigenvalue weighted by atomic mass is 10.0. The van der Waals surface area contributed by atoms with Crippen LogP contribution in [0.2, 0.25) is 0 Å². The number of primary amides is 1. The fraction of sp³-hybridized carbons (Fsp3) is 0.583. The third kappa shape index (κ3) is 10.4. The SMILES string of the molecule is CC1SC=CC(=O)NC(C(=O)N[C@@H](C)C(=O)N[C@@H](C)C(=O)N(C)[C@H](C(N)=O)C(C)C)NC(=O)/C=C/SC1C. The zero-order valence-electron chi connectivity index (χ0n) is 22.6. The van der Waals surface area contributed by atoms with Gasteiger partial charge in [-0.05, 0) is 30.6 Å². The van der Waals surface area contributed by atoms with Crippen molar-refractivity contribution in [3.63, 3.8) is 0 Å². The van der Waals surface area contributed by atoms with Gasteiger partial charge in [-0.1, -0.05) is 27.7 Å². The number of thioether (sulfide) groups is 2. The van der Waals surface area contributed by atoms with Gasteiger partial charge in [0, 0.05) is 29.7 Å². The van der Waals surface area contributed by atoms with Crippen LogP contribution >= 0.6 is 23.5 Å². The summed E-state index contributed by atoms with van der Waals surface area (Å²) in [5, 5.41) is 13.3. The Bertz CT molecular complexity index is 938. The Balaban J connectivity index is 2.88. The van der Waals surface area contributed by atoms with E-state index >= 15 is 0 Å². The second kappa shape index (κ2) is 15.4. The van der Waals surface area contributed by atoms with E-state index in [-0.39, 0.29) is 16.4 Å². The molecule has 0 spiro atoms. The summed E-state index contributed by atoms with van der Waals surface area (Å²) in [6.07, 6.45) is 1.05. The molecule has 1 aliphatic rings. The highest BCUT2D eigenvalue weighted by molar-refractivity contribution is 8.06. The molecule has 6 amide bonds. The third-order valence-corrected chi connectivity index (χ3v) is 8.12. The van der Waals surface area contributed by atoms with Gasteiger partial charge in [-0.15, -0.1) is 23.5 Å². The van der Waals surface area contributed by atoms with Crippen molar-refractivity contribution in [2.24, 2.45) is 11.7 Å². The Morgan fingerprint density at radius 3 is 1.79 bits per heavy atom. The van der Waals surface area contributed by atoms with E-state index in [4.69, 9.17) is 5.73 Å². The summed E-state index contributed by atoms with van der Waals surface area (Å²) >= 11 is 2.88. The first-order chi connectivity index (χ1) is 17.6. The molecule has 6 atom stereocenters. The highest BCUT2D eigenvalue weighted by Crippen LogP contribution is 2.25. The lowest BCUT2D eigenvalue weighted by molar-refractivity contribution is -0.142. The van der Waals surface area contributed by atoms with E-state index in [0.717, 1.165) is 0 Å². The van der Waals surface area contributed by atoms with Crippen LogP contribution in [-0.4, -0.2) is 82.2 Å². The minimum absolute atomic E-state index is 0.164. The fourth-order valence-electron chi connectivity index (χ4n) is 3.39. The maximum Gasteiger partial charge on any atom is 0.264 e. The number of nitrogens with one attached hydrogen (secondary N) is 4. The molecule has 1 heterocycles. The van der Waals surface area contributed by atoms with Crippen LogP contribution in [0.25, 0.3) is 0 Å². The van der Waals surface area contributed by atoms with Crippen LogP contribution in [0.1, 0.15) is 41.5 Å². The molecular weight excluding hydrogens is 532 g/mol. The second-order valence-corrected chi connectivity index (χ2v) is 11.8. The molecule has 212 valence electrons. The monoisotopic (exact) mass is 570 g/mol. The molecule has 0 aromatic heterocycles. The van der Waals surface area contributed by atoms with Crippen molar-refractivity contribution in [2.75, 3.05) is 7.05 Å². The first kappa shape index (κ1) is 33.0. The van der Waals surface area contributed by atoms with Crippen molar-refractivity contribution < 1.29 is 28.8 Å². The summed E-state index contributed by atoms with van der Waals surface area (Å²) in [7, 11) is 1.42. The van der Waals surface area contributed by atoms with Gasteiger partial charge in [0.15, 0.2) is 6.17 Å². The van der Waals surface area contributed by atoms with Crippen molar-refractivity contribution in [2.45, 2.75) is 76.3 Å². The van der Waals surface area contributed by atoms with Crippen molar-refractivity contribution >= 4 is 59.0 Å². The van der Waals surface area contributed by atoms with E-state index < -0.39 is 59.7 Å². The lowest BCUT2D eigenvalue weighted by Crippen LogP contribution is -2.60. The molecule has 0 bridgehead atoms. The average molecular weight is 571 g/mol. The molecule has 0 fully saturated rings. The topological polar surface area (TPSA) is 180 Å². The first-order valence-electron chi connectivity index (χ1n) is 12.1. The molecule has 0 aliphatic carbocycles. The molecule has 0 aromatic carbocycles. The van der Waals surface area contributed by atoms with Gasteiger partial charge in [0.2, 0.25) is 29.5 Å². The largest absolute Gasteiger partial charge is 0.368 e. The quantitative estimate of drug-likeness (QED) is 0.266. The Morgan fingerprint density at radius 1 is 0.895 bits per heavy atom. The highest BCUT2D eigenvalue weighted by atomic mass is 32.2. The van der Waals surface area contributed by atoms with Crippen LogP contribution in [0.5, 0.6) is 0 Å². The van der Waals surface area contributed by atoms with Gasteiger partial charge < -0.3 is 31.9 Å². The number of rotatable bonds is 8. The van der Waals surface area contributed by atoms with Crippen LogP contribution in [0.4, 0.5) is 0 Å². The van der Waals surface area contributed by atoms with Crippen LogP contribution in [0, 0.1) is 5.92 Å². The number of carbonyl (C=O) groups excluding carboxylic acids is 6. The van der Waals surface area contributed by atoms with Crippen molar-refractivity contribution in [3.8, 4) is 0 Å². The van der Waals surface area contributed by atoms with Gasteiger partial charge in [-0.25, -0.2) is 0 Å². The van der Waals surface area contributed by atoms with E-state index in [0.29, 0.717) is 0 Å². The minimum atomic E-state index is -1.46. The summed E-state index contributed by atoms with van der Waals surface area (Å²) < 4.78 is 0. The first-order valence-corrected chi connectivity index (χ1v) is 14.0. The van der Waals surface area contributed by atoms with Crippen LogP contribution in [0.15, 0.2) is 23.0 Å². The predicted molar refractivity (Wildman–Crippen MR) is 148 cm³/mol. The highest BCUT2D eigenvalue weighted by Gasteiger charge is 2.32. The molecule has 1 aliphatic heterocycles. The molecule has 0 saturated carbocycles. The number of amides is 6. The summed E-state index contributed by atoms with van der Waals surface area (Å²) in [5.74, 6) is -4.19. The van der Waals surface area contributed by atoms with Crippen LogP contribution in [-0.2, 0) is 28.8 Å². The van der Waals surface area contributed by atoms with Gasteiger partial charge in [0.1, 0.15) is 18.1 Å². The van der Waals surface area contributed by atoms with Crippen LogP contribution in [0.3, 0.4) is 0 Å². The van der Waals surface area contributed by atoms with Crippen LogP contribution < -0.4 is 27.0 Å². The van der Waals surface area contributed by atoms with E-state index in [1.807, 2.05) is 13.8 Å². The van der Waals surface area contributed by atoms with Crippen molar-refractivity contribution in [3.05, 3.63) is 23.0 Å². The molecule has 12 nitrogen and oxygen atoms in total. The summed E-state index contributed by atoms with van der Waals surface area (Å²) in [6, 6.07) is -3.01. The number of likely N-dealkylation sites (N-methyl/N-ethyl adjacent to an activating group) is 1. The zero-order chi connectivity index (χ0) is 29.2. The lowest BCUT2D eigenvalue weighted by Gasteiger charge is -2.31. The Morgan fingerprint density at radius 2 is 1.37 bits per heavy atom. The zero-order valence-corrected chi connectivity index (χ0v) is 24.3. The number of hydrogen-bond acceptors (Lipinski definition) is 8. The molecule has 14 heteroatoms. The minimum Gasteiger partial charge on any atom is -0.368 e. The standard InChI is InChI=1S/C24H38N6O6S2/c1-12(2)19(20(25)33)30(7)24(36)14(4)27-22(34)13(3)26-23(35)21-28-17(31)8-10-37-15(5)16(6)38-11-9-18(32)29-21/h8-16,19,21H,1-7H3,(H2,25,33)(H,26,35)(H,27,34)(H,28,31)(H,29,32)/b10-8+,11-9?/t13-,14-,15?,16?,19-,21?/m0/s1. The predicted octanol–water partition coefficient (Wildman–Crippen LogP) is -0.193. The molecule has 0 aromatic rings. The molecule has 1 rings (SSSR count). The van der Waals surface area contributed by atoms with Gasteiger partial charge in [-0.2, -0.15) is 0 Å². The maximum absolute atomic E-state index is 12.9. The molecule has 6 N–H and O–H groups in total. The fourth-order valence-corrected chi connectivity index (χ4v) is 5.12. The Hall–Kier alpha value is -3.00. The van der Waals surface area contributed by atoms with E-state index in [2.05, 4.69) is 21.3 Å². The molecule has 0 saturated heterocycles. The Kier molecular flexibility index (Phi) is 13.4. The van der Waals surface area contributed by atoms with Crippen molar-refractivity contribution in [1.82, 2.24) is 26.2 Å². The van der Waals surface area contributed by atoms with Gasteiger partial charge >= 0.3 is 0 Å². The number of carbonyl (C=O) groups is 6. The van der Waals surface area contributed by atoms with Gasteiger partial charge in [0.25, 0.3) is 5.91 Å². The van der Waals surface area contributed by atoms with Crippen molar-refractivity contribution in [1.29, 1.82) is 0 Å². The molecule has 38 heavy (non-hydrogen) atoms. The smallest absolute Gasteiger partial charge is 0.264 e. The van der Waals surface area contributed by atoms with Gasteiger partial charge in [0.05, 0.1) is 0 Å².